The van der Waals surface area contributed by atoms with Gasteiger partial charge in [-0.25, -0.2) is 0 Å². The Labute approximate surface area is 96.4 Å². The number of rotatable bonds is 2. The number of ether oxygens (including phenoxy) is 1. The van der Waals surface area contributed by atoms with E-state index in [-0.39, 0.29) is 5.75 Å². The Bertz CT molecular complexity index is 347. The molecule has 1 aromatic rings. The van der Waals surface area contributed by atoms with Gasteiger partial charge in [-0.05, 0) is 56.0 Å². The molecule has 16 heavy (non-hydrogen) atoms. The molecule has 1 saturated heterocycles. The maximum atomic E-state index is 9.86. The molecular formula is C13H19NO2. The monoisotopic (exact) mass is 221 g/mol. The third-order valence-electron chi connectivity index (χ3n) is 3.29. The Morgan fingerprint density at radius 1 is 1.31 bits per heavy atom. The number of aryl methyl sites for hydroxylation is 1. The Hall–Kier alpha value is -1.22. The summed E-state index contributed by atoms with van der Waals surface area (Å²) < 4.78 is 5.16. The fourth-order valence-corrected chi connectivity index (χ4v) is 2.44. The predicted molar refractivity (Wildman–Crippen MR) is 64.2 cm³/mol. The van der Waals surface area contributed by atoms with E-state index in [9.17, 15) is 5.11 Å². The van der Waals surface area contributed by atoms with Crippen LogP contribution in [-0.4, -0.2) is 25.3 Å². The first-order valence-corrected chi connectivity index (χ1v) is 5.80. The highest BCUT2D eigenvalue weighted by molar-refractivity contribution is 5.48. The lowest BCUT2D eigenvalue weighted by atomic mass is 9.89. The Balaban J connectivity index is 2.28. The number of piperidine rings is 1. The maximum Gasteiger partial charge on any atom is 0.163 e. The lowest BCUT2D eigenvalue weighted by Crippen LogP contribution is -2.26. The van der Waals surface area contributed by atoms with E-state index in [1.165, 1.54) is 5.56 Å². The number of methoxy groups -OCH3 is 1. The van der Waals surface area contributed by atoms with E-state index < -0.39 is 0 Å². The van der Waals surface area contributed by atoms with E-state index >= 15 is 0 Å². The molecular weight excluding hydrogens is 202 g/mol. The van der Waals surface area contributed by atoms with Crippen LogP contribution in [0, 0.1) is 6.92 Å². The van der Waals surface area contributed by atoms with Gasteiger partial charge in [-0.1, -0.05) is 6.07 Å². The number of phenols is 1. The van der Waals surface area contributed by atoms with Crippen molar-refractivity contribution in [3.8, 4) is 11.5 Å². The lowest BCUT2D eigenvalue weighted by molar-refractivity contribution is 0.369. The molecule has 1 aliphatic heterocycles. The van der Waals surface area contributed by atoms with E-state index in [0.717, 1.165) is 31.5 Å². The molecule has 0 aromatic heterocycles. The van der Waals surface area contributed by atoms with Gasteiger partial charge in [0.25, 0.3) is 0 Å². The second-order valence-electron chi connectivity index (χ2n) is 4.41. The zero-order valence-corrected chi connectivity index (χ0v) is 9.92. The molecule has 0 spiro atoms. The van der Waals surface area contributed by atoms with Gasteiger partial charge in [0, 0.05) is 0 Å². The molecule has 0 atom stereocenters. The number of hydrogen-bond donors (Lipinski definition) is 2. The van der Waals surface area contributed by atoms with Crippen molar-refractivity contribution in [3.05, 3.63) is 23.3 Å². The summed E-state index contributed by atoms with van der Waals surface area (Å²) >= 11 is 0. The molecule has 1 heterocycles. The molecule has 1 fully saturated rings. The molecule has 0 aliphatic carbocycles. The lowest BCUT2D eigenvalue weighted by Gasteiger charge is -2.24. The van der Waals surface area contributed by atoms with Crippen molar-refractivity contribution in [3.63, 3.8) is 0 Å². The van der Waals surface area contributed by atoms with Gasteiger partial charge in [0.15, 0.2) is 11.5 Å². The van der Waals surface area contributed by atoms with Gasteiger partial charge in [0.1, 0.15) is 0 Å². The third-order valence-corrected chi connectivity index (χ3v) is 3.29. The number of benzene rings is 1. The van der Waals surface area contributed by atoms with E-state index in [1.54, 1.807) is 7.11 Å². The largest absolute Gasteiger partial charge is 0.504 e. The standard InChI is InChI=1S/C13H19NO2/c1-9-7-11(8-12(15)13(9)16-2)10-3-5-14-6-4-10/h7-8,10,14-15H,3-6H2,1-2H3. The van der Waals surface area contributed by atoms with Gasteiger partial charge in [-0.15, -0.1) is 0 Å². The predicted octanol–water partition coefficient (Wildman–Crippen LogP) is 2.18. The van der Waals surface area contributed by atoms with Gasteiger partial charge in [0.2, 0.25) is 0 Å². The van der Waals surface area contributed by atoms with E-state index in [4.69, 9.17) is 4.74 Å². The number of hydrogen-bond acceptors (Lipinski definition) is 3. The topological polar surface area (TPSA) is 41.5 Å². The number of nitrogens with one attached hydrogen (secondary N) is 1. The second kappa shape index (κ2) is 4.74. The van der Waals surface area contributed by atoms with Crippen LogP contribution in [0.1, 0.15) is 29.9 Å². The molecule has 3 nitrogen and oxygen atoms in total. The van der Waals surface area contributed by atoms with E-state index in [2.05, 4.69) is 11.4 Å². The van der Waals surface area contributed by atoms with Crippen molar-refractivity contribution in [2.45, 2.75) is 25.7 Å². The highest BCUT2D eigenvalue weighted by Crippen LogP contribution is 2.35. The smallest absolute Gasteiger partial charge is 0.163 e. The average Bonchev–Trinajstić information content (AvgIpc) is 2.30. The van der Waals surface area contributed by atoms with E-state index in [1.807, 2.05) is 13.0 Å². The number of phenolic OH excluding ortho intramolecular Hbond substituents is 1. The first-order valence-electron chi connectivity index (χ1n) is 5.80. The molecule has 0 unspecified atom stereocenters. The van der Waals surface area contributed by atoms with Crippen molar-refractivity contribution in [1.29, 1.82) is 0 Å². The zero-order valence-electron chi connectivity index (χ0n) is 9.92. The van der Waals surface area contributed by atoms with Gasteiger partial charge in [0.05, 0.1) is 7.11 Å². The van der Waals surface area contributed by atoms with Crippen LogP contribution in [-0.2, 0) is 0 Å². The van der Waals surface area contributed by atoms with Gasteiger partial charge in [-0.2, -0.15) is 0 Å². The summed E-state index contributed by atoms with van der Waals surface area (Å²) in [7, 11) is 1.59. The van der Waals surface area contributed by atoms with Crippen LogP contribution in [0.5, 0.6) is 11.5 Å². The zero-order chi connectivity index (χ0) is 11.5. The summed E-state index contributed by atoms with van der Waals surface area (Å²) in [5, 5.41) is 13.2. The van der Waals surface area contributed by atoms with Crippen molar-refractivity contribution in [2.24, 2.45) is 0 Å². The van der Waals surface area contributed by atoms with Crippen LogP contribution < -0.4 is 10.1 Å². The van der Waals surface area contributed by atoms with Crippen LogP contribution in [0.25, 0.3) is 0 Å². The molecule has 0 saturated carbocycles. The minimum atomic E-state index is 0.260. The van der Waals surface area contributed by atoms with Crippen LogP contribution >= 0.6 is 0 Å². The van der Waals surface area contributed by atoms with Gasteiger partial charge >= 0.3 is 0 Å². The van der Waals surface area contributed by atoms with Crippen molar-refractivity contribution in [1.82, 2.24) is 5.32 Å². The number of aromatic hydroxyl groups is 1. The minimum absolute atomic E-state index is 0.260. The first-order chi connectivity index (χ1) is 7.72. The van der Waals surface area contributed by atoms with E-state index in [0.29, 0.717) is 11.7 Å². The SMILES string of the molecule is COc1c(C)cc(C2CCNCC2)cc1O. The molecule has 1 aliphatic rings. The Morgan fingerprint density at radius 3 is 2.56 bits per heavy atom. The average molecular weight is 221 g/mol. The molecule has 88 valence electrons. The maximum absolute atomic E-state index is 9.86. The fourth-order valence-electron chi connectivity index (χ4n) is 2.44. The van der Waals surface area contributed by atoms with Crippen LogP contribution in [0.2, 0.25) is 0 Å². The highest BCUT2D eigenvalue weighted by atomic mass is 16.5. The molecule has 0 radical (unpaired) electrons. The Kier molecular flexibility index (Phi) is 3.34. The summed E-state index contributed by atoms with van der Waals surface area (Å²) in [4.78, 5) is 0. The molecule has 2 N–H and O–H groups in total. The summed E-state index contributed by atoms with van der Waals surface area (Å²) in [6.07, 6.45) is 2.29. The van der Waals surface area contributed by atoms with Crippen molar-refractivity contribution in [2.75, 3.05) is 20.2 Å². The van der Waals surface area contributed by atoms with Gasteiger partial charge < -0.3 is 15.2 Å². The summed E-state index contributed by atoms with van der Waals surface area (Å²) in [6, 6.07) is 3.98. The molecule has 2 rings (SSSR count). The highest BCUT2D eigenvalue weighted by Gasteiger charge is 2.17. The van der Waals surface area contributed by atoms with Crippen LogP contribution in [0.15, 0.2) is 12.1 Å². The third kappa shape index (κ3) is 2.14. The molecule has 3 heteroatoms. The Morgan fingerprint density at radius 2 is 2.00 bits per heavy atom. The quantitative estimate of drug-likeness (QED) is 0.804. The van der Waals surface area contributed by atoms with Crippen molar-refractivity contribution >= 4 is 0 Å². The molecule has 0 amide bonds. The second-order valence-corrected chi connectivity index (χ2v) is 4.41. The van der Waals surface area contributed by atoms with Crippen LogP contribution in [0.3, 0.4) is 0 Å². The minimum Gasteiger partial charge on any atom is -0.504 e. The summed E-state index contributed by atoms with van der Waals surface area (Å²) in [6.45, 7) is 4.11. The fraction of sp³-hybridized carbons (Fsp3) is 0.538. The van der Waals surface area contributed by atoms with Gasteiger partial charge in [-0.3, -0.25) is 0 Å². The summed E-state index contributed by atoms with van der Waals surface area (Å²) in [5.41, 5.74) is 2.24. The van der Waals surface area contributed by atoms with Crippen molar-refractivity contribution < 1.29 is 9.84 Å². The normalized spacial score (nSPS) is 17.4. The molecule has 0 bridgehead atoms. The first kappa shape index (κ1) is 11.3. The van der Waals surface area contributed by atoms with Crippen LogP contribution in [0.4, 0.5) is 0 Å². The summed E-state index contributed by atoms with van der Waals surface area (Å²) in [5.74, 6) is 1.42. The molecule has 1 aromatic carbocycles.